The maximum Gasteiger partial charge on any atom is 0.225 e. The Morgan fingerprint density at radius 3 is 2.92 bits per heavy atom. The van der Waals surface area contributed by atoms with E-state index in [2.05, 4.69) is 40.9 Å². The van der Waals surface area contributed by atoms with Crippen LogP contribution in [0.5, 0.6) is 0 Å². The van der Waals surface area contributed by atoms with Crippen molar-refractivity contribution < 1.29 is 9.53 Å². The van der Waals surface area contributed by atoms with E-state index in [0.29, 0.717) is 32.0 Å². The number of carbonyl (C=O) groups excluding carboxylic acids is 1. The highest BCUT2D eigenvalue weighted by Crippen LogP contribution is 2.31. The van der Waals surface area contributed by atoms with Crippen LogP contribution in [0.1, 0.15) is 38.7 Å². The smallest absolute Gasteiger partial charge is 0.225 e. The molecule has 0 bridgehead atoms. The molecule has 1 aromatic carbocycles. The number of hydrogen-bond acceptors (Lipinski definition) is 3. The van der Waals surface area contributed by atoms with Crippen molar-refractivity contribution >= 4 is 17.6 Å². The maximum atomic E-state index is 11.9. The highest BCUT2D eigenvalue weighted by atomic mass is 16.5. The molecular formula is C19H30N4O2. The lowest BCUT2D eigenvalue weighted by Crippen LogP contribution is -2.39. The summed E-state index contributed by atoms with van der Waals surface area (Å²) in [5.41, 5.74) is 2.06. The molecule has 2 rings (SSSR count). The molecule has 0 fully saturated rings. The molecule has 1 unspecified atom stereocenters. The van der Waals surface area contributed by atoms with Gasteiger partial charge in [0.05, 0.1) is 13.2 Å². The Kier molecular flexibility index (Phi) is 7.73. The molecule has 1 atom stereocenters. The van der Waals surface area contributed by atoms with Crippen LogP contribution in [-0.4, -0.2) is 44.7 Å². The number of anilines is 1. The number of fused-ring (bicyclic) bond motifs is 1. The van der Waals surface area contributed by atoms with Crippen molar-refractivity contribution in [3.05, 3.63) is 29.8 Å². The fraction of sp³-hybridized carbons (Fsp3) is 0.579. The van der Waals surface area contributed by atoms with E-state index >= 15 is 0 Å². The largest absolute Gasteiger partial charge is 0.379 e. The lowest BCUT2D eigenvalue weighted by Gasteiger charge is -2.24. The molecular weight excluding hydrogens is 316 g/mol. The van der Waals surface area contributed by atoms with Crippen molar-refractivity contribution in [2.45, 2.75) is 33.1 Å². The summed E-state index contributed by atoms with van der Waals surface area (Å²) in [6.45, 7) is 9.80. The normalized spacial score (nSPS) is 17.2. The lowest BCUT2D eigenvalue weighted by atomic mass is 9.91. The predicted molar refractivity (Wildman–Crippen MR) is 102 cm³/mol. The number of guanidine groups is 1. The van der Waals surface area contributed by atoms with Gasteiger partial charge in [0.2, 0.25) is 5.91 Å². The molecule has 25 heavy (non-hydrogen) atoms. The number of para-hydroxylation sites is 1. The zero-order valence-electron chi connectivity index (χ0n) is 15.5. The van der Waals surface area contributed by atoms with Crippen LogP contribution < -0.4 is 16.0 Å². The van der Waals surface area contributed by atoms with Crippen molar-refractivity contribution in [1.82, 2.24) is 10.6 Å². The summed E-state index contributed by atoms with van der Waals surface area (Å²) in [4.78, 5) is 16.6. The van der Waals surface area contributed by atoms with E-state index in [1.54, 1.807) is 0 Å². The van der Waals surface area contributed by atoms with E-state index in [1.807, 2.05) is 25.1 Å². The number of rotatable bonds is 8. The Labute approximate surface area is 150 Å². The average Bonchev–Trinajstić information content (AvgIpc) is 2.58. The van der Waals surface area contributed by atoms with E-state index in [0.717, 1.165) is 30.4 Å². The van der Waals surface area contributed by atoms with Crippen molar-refractivity contribution in [3.8, 4) is 0 Å². The molecule has 0 saturated carbocycles. The third-order valence-electron chi connectivity index (χ3n) is 3.91. The number of nitrogens with one attached hydrogen (secondary N) is 3. The zero-order chi connectivity index (χ0) is 18.1. The second-order valence-electron chi connectivity index (χ2n) is 6.65. The average molecular weight is 346 g/mol. The van der Waals surface area contributed by atoms with E-state index in [4.69, 9.17) is 4.74 Å². The van der Waals surface area contributed by atoms with Crippen molar-refractivity contribution in [1.29, 1.82) is 0 Å². The minimum absolute atomic E-state index is 0.0546. The monoisotopic (exact) mass is 346 g/mol. The van der Waals surface area contributed by atoms with Crippen molar-refractivity contribution in [2.24, 2.45) is 10.9 Å². The summed E-state index contributed by atoms with van der Waals surface area (Å²) in [5.74, 6) is 1.47. The third kappa shape index (κ3) is 6.38. The van der Waals surface area contributed by atoms with Crippen LogP contribution in [0.3, 0.4) is 0 Å². The molecule has 0 radical (unpaired) electrons. The molecule has 0 spiro atoms. The van der Waals surface area contributed by atoms with Gasteiger partial charge >= 0.3 is 0 Å². The Bertz CT molecular complexity index is 587. The van der Waals surface area contributed by atoms with Gasteiger partial charge < -0.3 is 20.7 Å². The fourth-order valence-electron chi connectivity index (χ4n) is 2.77. The van der Waals surface area contributed by atoms with Gasteiger partial charge in [-0.3, -0.25) is 9.79 Å². The molecule has 1 aromatic rings. The first kappa shape index (κ1) is 19.2. The summed E-state index contributed by atoms with van der Waals surface area (Å²) in [6.07, 6.45) is 0.470. The van der Waals surface area contributed by atoms with Gasteiger partial charge in [0.15, 0.2) is 5.96 Å². The predicted octanol–water partition coefficient (Wildman–Crippen LogP) is 2.34. The van der Waals surface area contributed by atoms with Gasteiger partial charge in [-0.1, -0.05) is 32.0 Å². The highest BCUT2D eigenvalue weighted by Gasteiger charge is 2.24. The van der Waals surface area contributed by atoms with Crippen LogP contribution in [0.15, 0.2) is 29.3 Å². The molecule has 6 nitrogen and oxygen atoms in total. The van der Waals surface area contributed by atoms with Crippen LogP contribution in [-0.2, 0) is 9.53 Å². The summed E-state index contributed by atoms with van der Waals surface area (Å²) >= 11 is 0. The standard InChI is InChI=1S/C19H30N4O2/c1-4-20-19(21-9-10-25-13-14(2)3)22-12-15-11-18(24)23-17-8-6-5-7-16(15)17/h5-8,14-15H,4,9-13H2,1-3H3,(H,23,24)(H2,20,21,22). The molecule has 0 aromatic heterocycles. The Balaban J connectivity index is 1.91. The molecule has 138 valence electrons. The van der Waals surface area contributed by atoms with Gasteiger partial charge in [0.25, 0.3) is 0 Å². The molecule has 3 N–H and O–H groups in total. The summed E-state index contributed by atoms with van der Waals surface area (Å²) in [6, 6.07) is 7.95. The van der Waals surface area contributed by atoms with Gasteiger partial charge in [0.1, 0.15) is 0 Å². The SMILES string of the molecule is CCNC(=NCC1CC(=O)Nc2ccccc21)NCCOCC(C)C. The molecule has 1 heterocycles. The fourth-order valence-corrected chi connectivity index (χ4v) is 2.77. The van der Waals surface area contributed by atoms with Crippen LogP contribution in [0.2, 0.25) is 0 Å². The Morgan fingerprint density at radius 1 is 1.36 bits per heavy atom. The molecule has 1 aliphatic heterocycles. The quantitative estimate of drug-likeness (QED) is 0.384. The number of carbonyl (C=O) groups is 1. The van der Waals surface area contributed by atoms with Crippen LogP contribution in [0.25, 0.3) is 0 Å². The second kappa shape index (κ2) is 10.0. The maximum absolute atomic E-state index is 11.9. The van der Waals surface area contributed by atoms with Gasteiger partial charge in [-0.15, -0.1) is 0 Å². The van der Waals surface area contributed by atoms with Gasteiger partial charge in [-0.25, -0.2) is 0 Å². The topological polar surface area (TPSA) is 74.8 Å². The van der Waals surface area contributed by atoms with Crippen molar-refractivity contribution in [3.63, 3.8) is 0 Å². The Hall–Kier alpha value is -2.08. The molecule has 1 aliphatic rings. The summed E-state index contributed by atoms with van der Waals surface area (Å²) in [7, 11) is 0. The number of ether oxygens (including phenoxy) is 1. The van der Waals surface area contributed by atoms with Gasteiger partial charge in [-0.2, -0.15) is 0 Å². The minimum Gasteiger partial charge on any atom is -0.379 e. The highest BCUT2D eigenvalue weighted by molar-refractivity contribution is 5.94. The number of amides is 1. The van der Waals surface area contributed by atoms with E-state index in [1.165, 1.54) is 0 Å². The number of hydrogen-bond donors (Lipinski definition) is 3. The van der Waals surface area contributed by atoms with Crippen molar-refractivity contribution in [2.75, 3.05) is 38.2 Å². The molecule has 0 saturated heterocycles. The first-order valence-corrected chi connectivity index (χ1v) is 9.08. The molecule has 1 amide bonds. The lowest BCUT2D eigenvalue weighted by molar-refractivity contribution is -0.116. The number of aliphatic imine (C=N–C) groups is 1. The third-order valence-corrected chi connectivity index (χ3v) is 3.91. The van der Waals surface area contributed by atoms with E-state index in [9.17, 15) is 4.79 Å². The summed E-state index contributed by atoms with van der Waals surface area (Å²) in [5, 5.41) is 9.45. The number of benzene rings is 1. The first-order valence-electron chi connectivity index (χ1n) is 9.08. The first-order chi connectivity index (χ1) is 12.1. The number of nitrogens with zero attached hydrogens (tertiary/aromatic N) is 1. The Morgan fingerprint density at radius 2 is 2.16 bits per heavy atom. The van der Waals surface area contributed by atoms with Crippen LogP contribution in [0, 0.1) is 5.92 Å². The van der Waals surface area contributed by atoms with E-state index < -0.39 is 0 Å². The molecule has 6 heteroatoms. The second-order valence-corrected chi connectivity index (χ2v) is 6.65. The van der Waals surface area contributed by atoms with Crippen LogP contribution >= 0.6 is 0 Å². The zero-order valence-corrected chi connectivity index (χ0v) is 15.5. The molecule has 0 aliphatic carbocycles. The summed E-state index contributed by atoms with van der Waals surface area (Å²) < 4.78 is 5.58. The van der Waals surface area contributed by atoms with E-state index in [-0.39, 0.29) is 11.8 Å². The van der Waals surface area contributed by atoms with Crippen LogP contribution in [0.4, 0.5) is 5.69 Å². The van der Waals surface area contributed by atoms with Gasteiger partial charge in [0, 0.05) is 37.7 Å². The van der Waals surface area contributed by atoms with Gasteiger partial charge in [-0.05, 0) is 24.5 Å². The minimum atomic E-state index is 0.0546.